The molecule has 0 aliphatic heterocycles. The average Bonchev–Trinajstić information content (AvgIpc) is 2.56. The molecule has 1 aromatic heterocycles. The highest BCUT2D eigenvalue weighted by atomic mass is 35.5. The Hall–Kier alpha value is -0.770. The number of aromatic nitrogens is 1. The summed E-state index contributed by atoms with van der Waals surface area (Å²) >= 11 is 13.4. The van der Waals surface area contributed by atoms with Crippen molar-refractivity contribution in [3.8, 4) is 0 Å². The first-order chi connectivity index (χ1) is 7.15. The zero-order valence-corrected chi connectivity index (χ0v) is 10.0. The molecule has 2 nitrogen and oxygen atoms in total. The van der Waals surface area contributed by atoms with Gasteiger partial charge in [-0.05, 0) is 17.7 Å². The molecule has 5 heteroatoms. The van der Waals surface area contributed by atoms with E-state index in [0.717, 1.165) is 10.6 Å². The topological polar surface area (TPSA) is 38.9 Å². The minimum absolute atomic E-state index is 0.556. The minimum atomic E-state index is 0.556. The number of nitrogens with two attached hydrogens (primary N) is 1. The molecule has 0 aliphatic rings. The summed E-state index contributed by atoms with van der Waals surface area (Å²) in [7, 11) is 0. The smallest absolute Gasteiger partial charge is 0.134 e. The Balaban J connectivity index is 2.24. The molecule has 0 bridgehead atoms. The summed E-state index contributed by atoms with van der Waals surface area (Å²) in [6.07, 6.45) is 0.692. The van der Waals surface area contributed by atoms with Crippen molar-refractivity contribution in [1.29, 1.82) is 0 Å². The lowest BCUT2D eigenvalue weighted by molar-refractivity contribution is 1.14. The number of hydrogen-bond acceptors (Lipinski definition) is 3. The van der Waals surface area contributed by atoms with Gasteiger partial charge in [-0.25, -0.2) is 4.98 Å². The molecule has 2 aromatic rings. The summed E-state index contributed by atoms with van der Waals surface area (Å²) in [4.78, 5) is 4.17. The van der Waals surface area contributed by atoms with Crippen LogP contribution >= 0.6 is 34.5 Å². The van der Waals surface area contributed by atoms with Crippen molar-refractivity contribution in [2.45, 2.75) is 6.42 Å². The van der Waals surface area contributed by atoms with Gasteiger partial charge in [0, 0.05) is 21.8 Å². The fourth-order valence-electron chi connectivity index (χ4n) is 1.23. The largest absolute Gasteiger partial charge is 0.383 e. The quantitative estimate of drug-likeness (QED) is 0.894. The van der Waals surface area contributed by atoms with Crippen molar-refractivity contribution in [1.82, 2.24) is 4.98 Å². The summed E-state index contributed by atoms with van der Waals surface area (Å²) in [6.45, 7) is 0. The molecule has 2 N–H and O–H groups in total. The maximum atomic E-state index is 6.05. The summed E-state index contributed by atoms with van der Waals surface area (Å²) in [5.74, 6) is 0.556. The lowest BCUT2D eigenvalue weighted by atomic mass is 10.1. The number of hydrogen-bond donors (Lipinski definition) is 1. The molecular weight excluding hydrogens is 251 g/mol. The number of nitrogens with zero attached hydrogens (tertiary/aromatic N) is 1. The molecule has 0 spiro atoms. The lowest BCUT2D eigenvalue weighted by Crippen LogP contribution is -1.90. The number of thiazole rings is 1. The van der Waals surface area contributed by atoms with Crippen molar-refractivity contribution in [2.24, 2.45) is 0 Å². The van der Waals surface area contributed by atoms with Gasteiger partial charge in [-0.1, -0.05) is 29.3 Å². The fourth-order valence-corrected chi connectivity index (χ4v) is 2.42. The van der Waals surface area contributed by atoms with E-state index in [1.165, 1.54) is 11.3 Å². The molecule has 0 saturated heterocycles. The number of nitrogen functional groups attached to an aromatic ring is 1. The van der Waals surface area contributed by atoms with Crippen LogP contribution in [0.1, 0.15) is 10.6 Å². The van der Waals surface area contributed by atoms with Crippen LogP contribution in [0.2, 0.25) is 10.0 Å². The maximum Gasteiger partial charge on any atom is 0.134 e. The van der Waals surface area contributed by atoms with E-state index in [2.05, 4.69) is 4.98 Å². The van der Waals surface area contributed by atoms with Crippen molar-refractivity contribution in [3.05, 3.63) is 44.2 Å². The van der Waals surface area contributed by atoms with Crippen molar-refractivity contribution < 1.29 is 0 Å². The van der Waals surface area contributed by atoms with Crippen molar-refractivity contribution in [2.75, 3.05) is 5.73 Å². The van der Waals surface area contributed by atoms with Gasteiger partial charge in [0.15, 0.2) is 0 Å². The zero-order chi connectivity index (χ0) is 10.8. The third kappa shape index (κ3) is 2.62. The second kappa shape index (κ2) is 4.39. The van der Waals surface area contributed by atoms with E-state index in [4.69, 9.17) is 28.9 Å². The van der Waals surface area contributed by atoms with Crippen LogP contribution in [-0.4, -0.2) is 4.98 Å². The van der Waals surface area contributed by atoms with Crippen LogP contribution in [0.4, 0.5) is 5.82 Å². The van der Waals surface area contributed by atoms with Gasteiger partial charge in [0.25, 0.3) is 0 Å². The summed E-state index contributed by atoms with van der Waals surface area (Å²) < 4.78 is 0. The van der Waals surface area contributed by atoms with E-state index in [1.54, 1.807) is 6.07 Å². The standard InChI is InChI=1S/C10H8Cl2N2S/c11-7-2-1-6(8(12)4-7)3-10-14-9(13)5-15-10/h1-2,4-5H,3,13H2. The molecule has 0 unspecified atom stereocenters. The minimum Gasteiger partial charge on any atom is -0.383 e. The Labute approximate surface area is 102 Å². The molecule has 0 fully saturated rings. The third-order valence-corrected chi connectivity index (χ3v) is 3.38. The maximum absolute atomic E-state index is 6.05. The highest BCUT2D eigenvalue weighted by Crippen LogP contribution is 2.24. The predicted molar refractivity (Wildman–Crippen MR) is 65.8 cm³/mol. The van der Waals surface area contributed by atoms with Gasteiger partial charge in [-0.2, -0.15) is 0 Å². The average molecular weight is 259 g/mol. The van der Waals surface area contributed by atoms with Crippen LogP contribution in [0.3, 0.4) is 0 Å². The second-order valence-corrected chi connectivity index (χ2v) is 4.86. The molecule has 15 heavy (non-hydrogen) atoms. The highest BCUT2D eigenvalue weighted by molar-refractivity contribution is 7.10. The molecule has 1 heterocycles. The Morgan fingerprint density at radius 3 is 2.73 bits per heavy atom. The first-order valence-corrected chi connectivity index (χ1v) is 5.92. The van der Waals surface area contributed by atoms with Crippen LogP contribution < -0.4 is 5.73 Å². The molecule has 0 radical (unpaired) electrons. The lowest BCUT2D eigenvalue weighted by Gasteiger charge is -2.01. The molecule has 78 valence electrons. The molecule has 2 rings (SSSR count). The van der Waals surface area contributed by atoms with Gasteiger partial charge < -0.3 is 5.73 Å². The molecule has 0 saturated carbocycles. The number of rotatable bonds is 2. The van der Waals surface area contributed by atoms with E-state index >= 15 is 0 Å². The Morgan fingerprint density at radius 1 is 1.33 bits per heavy atom. The van der Waals surface area contributed by atoms with E-state index < -0.39 is 0 Å². The Morgan fingerprint density at radius 2 is 2.13 bits per heavy atom. The van der Waals surface area contributed by atoms with Gasteiger partial charge in [0.05, 0.1) is 5.01 Å². The van der Waals surface area contributed by atoms with E-state index in [-0.39, 0.29) is 0 Å². The van der Waals surface area contributed by atoms with E-state index in [9.17, 15) is 0 Å². The Kier molecular flexibility index (Phi) is 3.14. The van der Waals surface area contributed by atoms with Gasteiger partial charge in [0.1, 0.15) is 5.82 Å². The zero-order valence-electron chi connectivity index (χ0n) is 7.71. The highest BCUT2D eigenvalue weighted by Gasteiger charge is 2.05. The van der Waals surface area contributed by atoms with E-state index in [0.29, 0.717) is 22.3 Å². The predicted octanol–water partition coefficient (Wildman–Crippen LogP) is 3.62. The van der Waals surface area contributed by atoms with Crippen molar-refractivity contribution >= 4 is 40.4 Å². The SMILES string of the molecule is Nc1csc(Cc2ccc(Cl)cc2Cl)n1. The van der Waals surface area contributed by atoms with E-state index in [1.807, 2.05) is 17.5 Å². The summed E-state index contributed by atoms with van der Waals surface area (Å²) in [6, 6.07) is 5.46. The van der Waals surface area contributed by atoms with Crippen LogP contribution in [0.25, 0.3) is 0 Å². The van der Waals surface area contributed by atoms with Crippen molar-refractivity contribution in [3.63, 3.8) is 0 Å². The first kappa shape index (κ1) is 10.7. The van der Waals surface area contributed by atoms with Crippen LogP contribution in [0, 0.1) is 0 Å². The van der Waals surface area contributed by atoms with Gasteiger partial charge in [0.2, 0.25) is 0 Å². The number of anilines is 1. The molecule has 0 atom stereocenters. The monoisotopic (exact) mass is 258 g/mol. The van der Waals surface area contributed by atoms with Gasteiger partial charge in [-0.15, -0.1) is 11.3 Å². The molecule has 0 aliphatic carbocycles. The molecular formula is C10H8Cl2N2S. The first-order valence-electron chi connectivity index (χ1n) is 4.29. The fraction of sp³-hybridized carbons (Fsp3) is 0.100. The molecule has 1 aromatic carbocycles. The van der Waals surface area contributed by atoms with Crippen LogP contribution in [0.5, 0.6) is 0 Å². The Bertz CT molecular complexity index is 482. The normalized spacial score (nSPS) is 10.5. The number of benzene rings is 1. The summed E-state index contributed by atoms with van der Waals surface area (Å²) in [5.41, 5.74) is 6.55. The second-order valence-electron chi connectivity index (χ2n) is 3.08. The third-order valence-electron chi connectivity index (χ3n) is 1.93. The number of halogens is 2. The molecule has 0 amide bonds. The van der Waals surface area contributed by atoms with Gasteiger partial charge >= 0.3 is 0 Å². The summed E-state index contributed by atoms with van der Waals surface area (Å²) in [5, 5.41) is 4.08. The van der Waals surface area contributed by atoms with Gasteiger partial charge in [-0.3, -0.25) is 0 Å². The van der Waals surface area contributed by atoms with Crippen LogP contribution in [0.15, 0.2) is 23.6 Å². The van der Waals surface area contributed by atoms with Crippen LogP contribution in [-0.2, 0) is 6.42 Å².